The van der Waals surface area contributed by atoms with E-state index in [9.17, 15) is 0 Å². The van der Waals surface area contributed by atoms with Gasteiger partial charge in [-0.2, -0.15) is 0 Å². The van der Waals surface area contributed by atoms with Crippen molar-refractivity contribution in [1.82, 2.24) is 10.4 Å². The Labute approximate surface area is 112 Å². The van der Waals surface area contributed by atoms with Crippen molar-refractivity contribution in [2.24, 2.45) is 11.8 Å². The van der Waals surface area contributed by atoms with Gasteiger partial charge in [0.25, 0.3) is 0 Å². The second-order valence-corrected chi connectivity index (χ2v) is 5.66. The predicted molar refractivity (Wildman–Crippen MR) is 77.2 cm³/mol. The number of thiazole rings is 1. The lowest BCUT2D eigenvalue weighted by molar-refractivity contribution is 0.404. The zero-order valence-corrected chi connectivity index (χ0v) is 11.6. The van der Waals surface area contributed by atoms with Crippen molar-refractivity contribution < 1.29 is 0 Å². The summed E-state index contributed by atoms with van der Waals surface area (Å²) in [5.74, 6) is 6.07. The van der Waals surface area contributed by atoms with Crippen LogP contribution in [0.1, 0.15) is 18.9 Å². The third kappa shape index (κ3) is 3.16. The van der Waals surface area contributed by atoms with Gasteiger partial charge in [-0.1, -0.05) is 44.2 Å². The highest BCUT2D eigenvalue weighted by molar-refractivity contribution is 7.09. The van der Waals surface area contributed by atoms with Gasteiger partial charge in [0, 0.05) is 23.4 Å². The lowest BCUT2D eigenvalue weighted by Crippen LogP contribution is -2.40. The number of aromatic nitrogens is 1. The Balaban J connectivity index is 2.11. The largest absolute Gasteiger partial charge is 0.271 e. The molecule has 0 bridgehead atoms. The smallest absolute Gasteiger partial charge is 0.0948 e. The van der Waals surface area contributed by atoms with Crippen LogP contribution in [0.3, 0.4) is 0 Å². The quantitative estimate of drug-likeness (QED) is 0.643. The average molecular weight is 261 g/mol. The molecule has 2 aromatic rings. The fourth-order valence-corrected chi connectivity index (χ4v) is 2.68. The third-order valence-corrected chi connectivity index (χ3v) is 3.91. The summed E-state index contributed by atoms with van der Waals surface area (Å²) in [4.78, 5) is 4.67. The molecule has 18 heavy (non-hydrogen) atoms. The van der Waals surface area contributed by atoms with Gasteiger partial charge in [-0.15, -0.1) is 11.3 Å². The highest BCUT2D eigenvalue weighted by Crippen LogP contribution is 2.23. The van der Waals surface area contributed by atoms with Gasteiger partial charge in [0.1, 0.15) is 0 Å². The number of hydrogen-bond acceptors (Lipinski definition) is 4. The Morgan fingerprint density at radius 3 is 2.61 bits per heavy atom. The molecule has 1 aromatic carbocycles. The van der Waals surface area contributed by atoms with Gasteiger partial charge in [0.05, 0.1) is 10.7 Å². The number of nitrogens with two attached hydrogens (primary N) is 1. The van der Waals surface area contributed by atoms with Crippen molar-refractivity contribution in [2.75, 3.05) is 0 Å². The fourth-order valence-electron chi connectivity index (χ4n) is 1.82. The maximum Gasteiger partial charge on any atom is 0.0948 e. The topological polar surface area (TPSA) is 50.9 Å². The molecular formula is C14H19N3S. The molecule has 0 spiro atoms. The van der Waals surface area contributed by atoms with Crippen molar-refractivity contribution in [3.8, 4) is 11.3 Å². The van der Waals surface area contributed by atoms with Crippen LogP contribution in [0.15, 0.2) is 35.7 Å². The Hall–Kier alpha value is -1.23. The molecule has 0 amide bonds. The summed E-state index contributed by atoms with van der Waals surface area (Å²) >= 11 is 1.70. The summed E-state index contributed by atoms with van der Waals surface area (Å²) < 4.78 is 0. The zero-order chi connectivity index (χ0) is 13.0. The molecule has 0 radical (unpaired) electrons. The molecule has 3 nitrogen and oxygen atoms in total. The maximum absolute atomic E-state index is 5.57. The highest BCUT2D eigenvalue weighted by atomic mass is 32.1. The molecule has 0 fully saturated rings. The van der Waals surface area contributed by atoms with Gasteiger partial charge in [0.15, 0.2) is 0 Å². The summed E-state index contributed by atoms with van der Waals surface area (Å²) in [6.07, 6.45) is 0.881. The summed E-state index contributed by atoms with van der Waals surface area (Å²) in [5.41, 5.74) is 5.09. The van der Waals surface area contributed by atoms with Gasteiger partial charge in [-0.3, -0.25) is 11.3 Å². The van der Waals surface area contributed by atoms with Crippen molar-refractivity contribution in [2.45, 2.75) is 26.3 Å². The van der Waals surface area contributed by atoms with E-state index in [0.717, 1.165) is 17.1 Å². The number of benzene rings is 1. The first kappa shape index (κ1) is 13.2. The van der Waals surface area contributed by atoms with E-state index < -0.39 is 0 Å². The second kappa shape index (κ2) is 6.09. The Kier molecular flexibility index (Phi) is 4.47. The molecule has 0 aliphatic carbocycles. The SMILES string of the molecule is CC(C)C(Cc1nc(-c2ccccc2)cs1)NN. The molecule has 1 aromatic heterocycles. The number of hydrogen-bond donors (Lipinski definition) is 2. The first-order valence-electron chi connectivity index (χ1n) is 6.16. The van der Waals surface area contributed by atoms with Crippen molar-refractivity contribution in [1.29, 1.82) is 0 Å². The van der Waals surface area contributed by atoms with Crippen LogP contribution < -0.4 is 11.3 Å². The van der Waals surface area contributed by atoms with E-state index in [-0.39, 0.29) is 6.04 Å². The van der Waals surface area contributed by atoms with Crippen LogP contribution in [0.5, 0.6) is 0 Å². The highest BCUT2D eigenvalue weighted by Gasteiger charge is 2.14. The Bertz CT molecular complexity index is 479. The van der Waals surface area contributed by atoms with E-state index in [1.165, 1.54) is 5.56 Å². The van der Waals surface area contributed by atoms with Gasteiger partial charge >= 0.3 is 0 Å². The van der Waals surface area contributed by atoms with Crippen LogP contribution in [0.4, 0.5) is 0 Å². The minimum absolute atomic E-state index is 0.278. The Morgan fingerprint density at radius 2 is 2.00 bits per heavy atom. The molecule has 1 heterocycles. The molecule has 3 N–H and O–H groups in total. The van der Waals surface area contributed by atoms with Gasteiger partial charge in [-0.25, -0.2) is 4.98 Å². The summed E-state index contributed by atoms with van der Waals surface area (Å²) in [5, 5.41) is 3.24. The van der Waals surface area contributed by atoms with E-state index in [2.05, 4.69) is 41.8 Å². The minimum Gasteiger partial charge on any atom is -0.271 e. The monoisotopic (exact) mass is 261 g/mol. The second-order valence-electron chi connectivity index (χ2n) is 4.71. The molecule has 4 heteroatoms. The van der Waals surface area contributed by atoms with Crippen LogP contribution in [0, 0.1) is 5.92 Å². The Morgan fingerprint density at radius 1 is 1.28 bits per heavy atom. The molecule has 0 saturated heterocycles. The van der Waals surface area contributed by atoms with Gasteiger partial charge < -0.3 is 0 Å². The number of nitrogens with zero attached hydrogens (tertiary/aromatic N) is 1. The average Bonchev–Trinajstić information content (AvgIpc) is 2.85. The van der Waals surface area contributed by atoms with Crippen LogP contribution >= 0.6 is 11.3 Å². The van der Waals surface area contributed by atoms with Crippen molar-refractivity contribution in [3.05, 3.63) is 40.7 Å². The predicted octanol–water partition coefficient (Wildman–Crippen LogP) is 2.84. The zero-order valence-electron chi connectivity index (χ0n) is 10.8. The molecule has 0 saturated carbocycles. The summed E-state index contributed by atoms with van der Waals surface area (Å²) in [6.45, 7) is 4.33. The van der Waals surface area contributed by atoms with Crippen LogP contribution in [0.25, 0.3) is 11.3 Å². The number of hydrazine groups is 1. The first-order valence-corrected chi connectivity index (χ1v) is 7.04. The number of nitrogens with one attached hydrogen (secondary N) is 1. The van der Waals surface area contributed by atoms with E-state index >= 15 is 0 Å². The van der Waals surface area contributed by atoms with Gasteiger partial charge in [0.2, 0.25) is 0 Å². The molecule has 0 aliphatic heterocycles. The maximum atomic E-state index is 5.57. The lowest BCUT2D eigenvalue weighted by atomic mass is 10.0. The van der Waals surface area contributed by atoms with E-state index in [4.69, 9.17) is 5.84 Å². The van der Waals surface area contributed by atoms with E-state index in [1.807, 2.05) is 18.2 Å². The number of rotatable bonds is 5. The first-order chi connectivity index (χ1) is 8.70. The molecule has 96 valence electrons. The van der Waals surface area contributed by atoms with Crippen LogP contribution in [0.2, 0.25) is 0 Å². The van der Waals surface area contributed by atoms with Crippen molar-refractivity contribution in [3.63, 3.8) is 0 Å². The van der Waals surface area contributed by atoms with E-state index in [0.29, 0.717) is 5.92 Å². The third-order valence-electron chi connectivity index (χ3n) is 3.03. The summed E-state index contributed by atoms with van der Waals surface area (Å²) in [6, 6.07) is 10.5. The molecule has 1 unspecified atom stereocenters. The van der Waals surface area contributed by atoms with Crippen molar-refractivity contribution >= 4 is 11.3 Å². The normalized spacial score (nSPS) is 12.9. The minimum atomic E-state index is 0.278. The van der Waals surface area contributed by atoms with Crippen LogP contribution in [-0.2, 0) is 6.42 Å². The van der Waals surface area contributed by atoms with E-state index in [1.54, 1.807) is 11.3 Å². The van der Waals surface area contributed by atoms with Gasteiger partial charge in [-0.05, 0) is 5.92 Å². The molecule has 1 atom stereocenters. The fraction of sp³-hybridized carbons (Fsp3) is 0.357. The lowest BCUT2D eigenvalue weighted by Gasteiger charge is -2.18. The van der Waals surface area contributed by atoms with Crippen LogP contribution in [-0.4, -0.2) is 11.0 Å². The summed E-state index contributed by atoms with van der Waals surface area (Å²) in [7, 11) is 0. The molecule has 2 rings (SSSR count). The molecule has 0 aliphatic rings. The molecular weight excluding hydrogens is 242 g/mol. The standard InChI is InChI=1S/C14H19N3S/c1-10(2)12(17-15)8-14-16-13(9-18-14)11-6-4-3-5-7-11/h3-7,9-10,12,17H,8,15H2,1-2H3.